The van der Waals surface area contributed by atoms with Crippen LogP contribution in [0.2, 0.25) is 0 Å². The summed E-state index contributed by atoms with van der Waals surface area (Å²) in [5, 5.41) is 3.42. The Morgan fingerprint density at radius 1 is 1.33 bits per heavy atom. The van der Waals surface area contributed by atoms with Gasteiger partial charge >= 0.3 is 0 Å². The molecule has 0 aromatic heterocycles. The molecule has 2 nitrogen and oxygen atoms in total. The molecule has 18 heavy (non-hydrogen) atoms. The third-order valence-corrected chi connectivity index (χ3v) is 2.54. The average molecular weight is 245 g/mol. The van der Waals surface area contributed by atoms with E-state index in [4.69, 9.17) is 4.74 Å². The van der Waals surface area contributed by atoms with Crippen molar-refractivity contribution in [3.05, 3.63) is 48.6 Å². The molecule has 1 atom stereocenters. The van der Waals surface area contributed by atoms with Crippen molar-refractivity contribution in [1.29, 1.82) is 0 Å². The van der Waals surface area contributed by atoms with Gasteiger partial charge < -0.3 is 10.1 Å². The largest absolute Gasteiger partial charge is 0.490 e. The number of rotatable bonds is 8. The average Bonchev–Trinajstić information content (AvgIpc) is 2.41. The molecular formula is C16H23NO. The number of hydrogen-bond donors (Lipinski definition) is 1. The lowest BCUT2D eigenvalue weighted by atomic mass is 10.1. The maximum Gasteiger partial charge on any atom is 0.119 e. The van der Waals surface area contributed by atoms with E-state index >= 15 is 0 Å². The molecule has 2 heteroatoms. The fraction of sp³-hybridized carbons (Fsp3) is 0.375. The Labute approximate surface area is 110 Å². The van der Waals surface area contributed by atoms with Crippen LogP contribution in [-0.4, -0.2) is 19.2 Å². The van der Waals surface area contributed by atoms with Crippen LogP contribution < -0.4 is 10.1 Å². The highest BCUT2D eigenvalue weighted by atomic mass is 16.5. The summed E-state index contributed by atoms with van der Waals surface area (Å²) in [6, 6.07) is 8.48. The highest BCUT2D eigenvalue weighted by molar-refractivity contribution is 5.51. The molecule has 0 spiro atoms. The molecule has 1 unspecified atom stereocenters. The molecule has 0 amide bonds. The van der Waals surface area contributed by atoms with Crippen LogP contribution >= 0.6 is 0 Å². The van der Waals surface area contributed by atoms with Crippen molar-refractivity contribution >= 4 is 6.08 Å². The van der Waals surface area contributed by atoms with Gasteiger partial charge in [0.25, 0.3) is 0 Å². The van der Waals surface area contributed by atoms with Gasteiger partial charge in [-0.1, -0.05) is 43.9 Å². The Balaban J connectivity index is 2.47. The standard InChI is InChI=1S/C16H23NO/c1-4-12-17-14(3)6-7-15-8-10-16(11-9-15)18-13-5-2/h5-11,14,17H,2,4,12-13H2,1,3H3/b7-6+. The molecule has 0 saturated carbocycles. The van der Waals surface area contributed by atoms with Gasteiger partial charge in [-0.3, -0.25) is 0 Å². The van der Waals surface area contributed by atoms with E-state index in [1.54, 1.807) is 6.08 Å². The molecule has 0 radical (unpaired) electrons. The molecule has 0 heterocycles. The highest BCUT2D eigenvalue weighted by Gasteiger charge is 1.95. The minimum Gasteiger partial charge on any atom is -0.490 e. The molecule has 0 saturated heterocycles. The van der Waals surface area contributed by atoms with Gasteiger partial charge in [-0.15, -0.1) is 0 Å². The lowest BCUT2D eigenvalue weighted by molar-refractivity contribution is 0.363. The lowest BCUT2D eigenvalue weighted by Gasteiger charge is -2.07. The molecule has 1 N–H and O–H groups in total. The van der Waals surface area contributed by atoms with Crippen LogP contribution in [0.15, 0.2) is 43.0 Å². The SMILES string of the molecule is C=CCOc1ccc(/C=C/C(C)NCCC)cc1. The van der Waals surface area contributed by atoms with Crippen molar-refractivity contribution in [2.45, 2.75) is 26.3 Å². The molecule has 98 valence electrons. The second-order valence-electron chi connectivity index (χ2n) is 4.27. The molecule has 0 bridgehead atoms. The minimum atomic E-state index is 0.404. The molecular weight excluding hydrogens is 222 g/mol. The first-order chi connectivity index (χ1) is 8.76. The number of hydrogen-bond acceptors (Lipinski definition) is 2. The van der Waals surface area contributed by atoms with Gasteiger partial charge in [-0.05, 0) is 37.6 Å². The van der Waals surface area contributed by atoms with E-state index < -0.39 is 0 Å². The van der Waals surface area contributed by atoms with Gasteiger partial charge in [0.15, 0.2) is 0 Å². The van der Waals surface area contributed by atoms with E-state index in [0.29, 0.717) is 12.6 Å². The van der Waals surface area contributed by atoms with Crippen LogP contribution in [0.25, 0.3) is 6.08 Å². The second-order valence-corrected chi connectivity index (χ2v) is 4.27. The Bertz CT molecular complexity index is 367. The zero-order chi connectivity index (χ0) is 13.2. The Hall–Kier alpha value is -1.54. The van der Waals surface area contributed by atoms with Crippen LogP contribution in [0.1, 0.15) is 25.8 Å². The topological polar surface area (TPSA) is 21.3 Å². The Morgan fingerprint density at radius 2 is 2.06 bits per heavy atom. The van der Waals surface area contributed by atoms with Crippen molar-refractivity contribution in [2.24, 2.45) is 0 Å². The van der Waals surface area contributed by atoms with E-state index in [1.807, 2.05) is 12.1 Å². The van der Waals surface area contributed by atoms with Gasteiger partial charge in [-0.25, -0.2) is 0 Å². The first-order valence-corrected chi connectivity index (χ1v) is 6.51. The third-order valence-electron chi connectivity index (χ3n) is 2.54. The van der Waals surface area contributed by atoms with Crippen molar-refractivity contribution in [1.82, 2.24) is 5.32 Å². The normalized spacial score (nSPS) is 12.6. The van der Waals surface area contributed by atoms with Crippen molar-refractivity contribution < 1.29 is 4.74 Å². The van der Waals surface area contributed by atoms with Crippen LogP contribution in [-0.2, 0) is 0 Å². The summed E-state index contributed by atoms with van der Waals surface area (Å²) in [5.74, 6) is 0.879. The van der Waals surface area contributed by atoms with E-state index in [-0.39, 0.29) is 0 Å². The fourth-order valence-electron chi connectivity index (χ4n) is 1.53. The monoisotopic (exact) mass is 245 g/mol. The first-order valence-electron chi connectivity index (χ1n) is 6.51. The summed E-state index contributed by atoms with van der Waals surface area (Å²) in [5.41, 5.74) is 1.19. The predicted molar refractivity (Wildman–Crippen MR) is 78.9 cm³/mol. The Kier molecular flexibility index (Phi) is 6.89. The van der Waals surface area contributed by atoms with E-state index in [9.17, 15) is 0 Å². The van der Waals surface area contributed by atoms with E-state index in [0.717, 1.165) is 18.7 Å². The van der Waals surface area contributed by atoms with Crippen LogP contribution in [0.3, 0.4) is 0 Å². The first kappa shape index (κ1) is 14.5. The number of benzene rings is 1. The zero-order valence-electron chi connectivity index (χ0n) is 11.4. The van der Waals surface area contributed by atoms with Crippen molar-refractivity contribution in [3.63, 3.8) is 0 Å². The smallest absolute Gasteiger partial charge is 0.119 e. The fourth-order valence-corrected chi connectivity index (χ4v) is 1.53. The number of ether oxygens (including phenoxy) is 1. The quantitative estimate of drug-likeness (QED) is 0.706. The van der Waals surface area contributed by atoms with Crippen LogP contribution in [0.4, 0.5) is 0 Å². The molecule has 0 aliphatic carbocycles. The maximum absolute atomic E-state index is 5.43. The van der Waals surface area contributed by atoms with Crippen LogP contribution in [0, 0.1) is 0 Å². The lowest BCUT2D eigenvalue weighted by Crippen LogP contribution is -2.24. The van der Waals surface area contributed by atoms with Crippen molar-refractivity contribution in [3.8, 4) is 5.75 Å². The predicted octanol–water partition coefficient (Wildman–Crippen LogP) is 3.65. The minimum absolute atomic E-state index is 0.404. The maximum atomic E-state index is 5.43. The Morgan fingerprint density at radius 3 is 2.67 bits per heavy atom. The third kappa shape index (κ3) is 5.69. The van der Waals surface area contributed by atoms with Gasteiger partial charge in [-0.2, -0.15) is 0 Å². The summed E-state index contributed by atoms with van der Waals surface area (Å²) >= 11 is 0. The molecule has 0 fully saturated rings. The van der Waals surface area contributed by atoms with E-state index in [2.05, 4.69) is 50.0 Å². The molecule has 1 aromatic rings. The summed E-state index contributed by atoms with van der Waals surface area (Å²) in [7, 11) is 0. The molecule has 0 aliphatic heterocycles. The van der Waals surface area contributed by atoms with Crippen LogP contribution in [0.5, 0.6) is 5.75 Å². The van der Waals surface area contributed by atoms with E-state index in [1.165, 1.54) is 5.56 Å². The molecule has 0 aliphatic rings. The van der Waals surface area contributed by atoms with Gasteiger partial charge in [0, 0.05) is 6.04 Å². The summed E-state index contributed by atoms with van der Waals surface area (Å²) in [6.07, 6.45) is 7.21. The number of nitrogens with one attached hydrogen (secondary N) is 1. The van der Waals surface area contributed by atoms with Gasteiger partial charge in [0.1, 0.15) is 12.4 Å². The highest BCUT2D eigenvalue weighted by Crippen LogP contribution is 2.13. The summed E-state index contributed by atoms with van der Waals surface area (Å²) < 4.78 is 5.43. The van der Waals surface area contributed by atoms with Crippen molar-refractivity contribution in [2.75, 3.05) is 13.2 Å². The summed E-state index contributed by atoms with van der Waals surface area (Å²) in [4.78, 5) is 0. The molecule has 1 aromatic carbocycles. The summed E-state index contributed by atoms with van der Waals surface area (Å²) in [6.45, 7) is 9.56. The van der Waals surface area contributed by atoms with Gasteiger partial charge in [0.2, 0.25) is 0 Å². The molecule has 1 rings (SSSR count). The van der Waals surface area contributed by atoms with Gasteiger partial charge in [0.05, 0.1) is 0 Å². The second kappa shape index (κ2) is 8.54. The zero-order valence-corrected chi connectivity index (χ0v) is 11.4.